The third-order valence-electron chi connectivity index (χ3n) is 5.57. The molecular weight excluding hydrogens is 470 g/mol. The number of amides is 1. The molecule has 2 N–H and O–H groups in total. The molecule has 10 heteroatoms. The highest BCUT2D eigenvalue weighted by Gasteiger charge is 2.29. The van der Waals surface area contributed by atoms with E-state index in [4.69, 9.17) is 14.2 Å². The van der Waals surface area contributed by atoms with Crippen LogP contribution in [0.1, 0.15) is 37.3 Å². The van der Waals surface area contributed by atoms with Gasteiger partial charge in [-0.2, -0.15) is 13.1 Å². The maximum Gasteiger partial charge on any atom is 0.301 e. The van der Waals surface area contributed by atoms with E-state index < -0.39 is 22.2 Å². The summed E-state index contributed by atoms with van der Waals surface area (Å²) >= 11 is 0. The molecule has 1 aromatic heterocycles. The number of ether oxygens (including phenoxy) is 3. The Hall–Kier alpha value is -3.63. The molecule has 0 saturated carbocycles. The van der Waals surface area contributed by atoms with Crippen molar-refractivity contribution in [1.82, 2.24) is 14.4 Å². The molecular formula is C25H27N3O6S. The lowest BCUT2D eigenvalue weighted by Crippen LogP contribution is -2.48. The third kappa shape index (κ3) is 6.71. The lowest BCUT2D eigenvalue weighted by atomic mass is 10.0. The van der Waals surface area contributed by atoms with Gasteiger partial charge < -0.3 is 14.2 Å². The Morgan fingerprint density at radius 1 is 1.11 bits per heavy atom. The van der Waals surface area contributed by atoms with Gasteiger partial charge in [-0.3, -0.25) is 4.79 Å². The smallest absolute Gasteiger partial charge is 0.301 e. The zero-order valence-corrected chi connectivity index (χ0v) is 20.1. The van der Waals surface area contributed by atoms with Crippen LogP contribution in [0.2, 0.25) is 0 Å². The van der Waals surface area contributed by atoms with Crippen molar-refractivity contribution in [2.24, 2.45) is 0 Å². The standard InChI is InChI=1S/C25H27N3O6S/c1-17-7-10-19(5-3-4-6-23(17)34-21-13-14-25(32-2)26-16-21)33-20-11-8-18(9-12-20)22-15-24(29)28-35(30,31)27-22/h3-4,6,8-9,11-14,16,19,22,27H,1,5,7,10,15H2,2H3,(H,28,29)/b4-3-,23-6+/t19-,22?/m0/s1. The molecule has 2 atom stereocenters. The minimum absolute atomic E-state index is 0.0406. The molecule has 0 spiro atoms. The number of allylic oxidation sites excluding steroid dienone is 3. The highest BCUT2D eigenvalue weighted by atomic mass is 32.2. The van der Waals surface area contributed by atoms with Gasteiger partial charge in [0.25, 0.3) is 0 Å². The Morgan fingerprint density at radius 2 is 1.89 bits per heavy atom. The molecule has 1 saturated heterocycles. The van der Waals surface area contributed by atoms with Crippen molar-refractivity contribution in [2.75, 3.05) is 7.11 Å². The highest BCUT2D eigenvalue weighted by Crippen LogP contribution is 2.27. The highest BCUT2D eigenvalue weighted by molar-refractivity contribution is 7.88. The van der Waals surface area contributed by atoms with Gasteiger partial charge in [-0.15, -0.1) is 0 Å². The topological polar surface area (TPSA) is 116 Å². The first-order chi connectivity index (χ1) is 16.8. The van der Waals surface area contributed by atoms with Gasteiger partial charge in [0, 0.05) is 18.9 Å². The minimum atomic E-state index is -3.83. The van der Waals surface area contributed by atoms with Crippen molar-refractivity contribution in [1.29, 1.82) is 0 Å². The molecule has 2 heterocycles. The van der Waals surface area contributed by atoms with E-state index in [2.05, 4.69) is 16.3 Å². The lowest BCUT2D eigenvalue weighted by molar-refractivity contribution is -0.120. The number of methoxy groups -OCH3 is 1. The molecule has 184 valence electrons. The molecule has 0 radical (unpaired) electrons. The maximum absolute atomic E-state index is 11.7. The zero-order chi connectivity index (χ0) is 24.8. The maximum atomic E-state index is 11.7. The van der Waals surface area contributed by atoms with Crippen LogP contribution < -0.4 is 23.7 Å². The van der Waals surface area contributed by atoms with Crippen LogP contribution in [0.3, 0.4) is 0 Å². The van der Waals surface area contributed by atoms with Crippen LogP contribution in [0, 0.1) is 0 Å². The Kier molecular flexibility index (Phi) is 7.52. The number of hydrogen-bond acceptors (Lipinski definition) is 7. The summed E-state index contributed by atoms with van der Waals surface area (Å²) in [4.78, 5) is 15.8. The summed E-state index contributed by atoms with van der Waals surface area (Å²) in [6.07, 6.45) is 9.49. The molecule has 1 aliphatic heterocycles. The second kappa shape index (κ2) is 10.7. The molecule has 4 rings (SSSR count). The summed E-state index contributed by atoms with van der Waals surface area (Å²) in [6.45, 7) is 4.18. The average Bonchev–Trinajstić information content (AvgIpc) is 2.91. The van der Waals surface area contributed by atoms with E-state index in [1.165, 1.54) is 0 Å². The second-order valence-corrected chi connectivity index (χ2v) is 9.63. The summed E-state index contributed by atoms with van der Waals surface area (Å²) in [5.41, 5.74) is 1.54. The van der Waals surface area contributed by atoms with Crippen LogP contribution in [-0.4, -0.2) is 32.5 Å². The van der Waals surface area contributed by atoms with Gasteiger partial charge in [0.15, 0.2) is 0 Å². The van der Waals surface area contributed by atoms with E-state index in [0.29, 0.717) is 41.5 Å². The van der Waals surface area contributed by atoms with Crippen molar-refractivity contribution in [3.8, 4) is 17.4 Å². The molecule has 1 amide bonds. The Morgan fingerprint density at radius 3 is 2.57 bits per heavy atom. The largest absolute Gasteiger partial charge is 0.490 e. The van der Waals surface area contributed by atoms with Gasteiger partial charge in [0.1, 0.15) is 23.4 Å². The van der Waals surface area contributed by atoms with Crippen LogP contribution in [0.15, 0.2) is 78.7 Å². The fraction of sp³-hybridized carbons (Fsp3) is 0.280. The number of pyridine rings is 1. The third-order valence-corrected chi connectivity index (χ3v) is 6.66. The number of nitrogens with zero attached hydrogens (tertiary/aromatic N) is 1. The van der Waals surface area contributed by atoms with Crippen LogP contribution in [0.25, 0.3) is 0 Å². The second-order valence-electron chi connectivity index (χ2n) is 8.19. The summed E-state index contributed by atoms with van der Waals surface area (Å²) < 4.78 is 45.1. The van der Waals surface area contributed by atoms with Crippen molar-refractivity contribution >= 4 is 16.1 Å². The van der Waals surface area contributed by atoms with E-state index in [1.54, 1.807) is 49.7 Å². The van der Waals surface area contributed by atoms with Gasteiger partial charge in [0.2, 0.25) is 11.8 Å². The number of benzene rings is 1. The Labute approximate surface area is 204 Å². The molecule has 1 aliphatic carbocycles. The lowest BCUT2D eigenvalue weighted by Gasteiger charge is -2.24. The van der Waals surface area contributed by atoms with Gasteiger partial charge in [-0.1, -0.05) is 30.9 Å². The van der Waals surface area contributed by atoms with Gasteiger partial charge in [-0.05, 0) is 48.3 Å². The van der Waals surface area contributed by atoms with Crippen LogP contribution >= 0.6 is 0 Å². The van der Waals surface area contributed by atoms with Crippen LogP contribution in [0.4, 0.5) is 0 Å². The number of nitrogens with one attached hydrogen (secondary N) is 2. The number of hydrogen-bond donors (Lipinski definition) is 2. The van der Waals surface area contributed by atoms with E-state index in [9.17, 15) is 13.2 Å². The van der Waals surface area contributed by atoms with Crippen molar-refractivity contribution in [2.45, 2.75) is 37.8 Å². The minimum Gasteiger partial charge on any atom is -0.490 e. The quantitative estimate of drug-likeness (QED) is 0.628. The van der Waals surface area contributed by atoms with Gasteiger partial charge in [-0.25, -0.2) is 9.71 Å². The first-order valence-electron chi connectivity index (χ1n) is 11.1. The monoisotopic (exact) mass is 497 g/mol. The molecule has 1 fully saturated rings. The molecule has 2 aromatic rings. The SMILES string of the molecule is C=C1CC[C@@H](Oc2ccc(C3CC(=O)NS(=O)(=O)N3)cc2)C/C=C\C=C/1Oc1ccc(OC)nc1. The van der Waals surface area contributed by atoms with Crippen molar-refractivity contribution < 1.29 is 27.4 Å². The fourth-order valence-corrected chi connectivity index (χ4v) is 4.80. The number of rotatable bonds is 6. The summed E-state index contributed by atoms with van der Waals surface area (Å²) in [5, 5.41) is 0. The molecule has 35 heavy (non-hydrogen) atoms. The van der Waals surface area contributed by atoms with Crippen molar-refractivity contribution in [3.05, 3.63) is 84.3 Å². The molecule has 1 aromatic carbocycles. The number of carbonyl (C=O) groups excluding carboxylic acids is 1. The molecule has 9 nitrogen and oxygen atoms in total. The van der Waals surface area contributed by atoms with Crippen LogP contribution in [-0.2, 0) is 15.0 Å². The predicted octanol–water partition coefficient (Wildman–Crippen LogP) is 3.49. The molecule has 0 bridgehead atoms. The number of carbonyl (C=O) groups is 1. The molecule has 1 unspecified atom stereocenters. The van der Waals surface area contributed by atoms with Crippen molar-refractivity contribution in [3.63, 3.8) is 0 Å². The van der Waals surface area contributed by atoms with Crippen LogP contribution in [0.5, 0.6) is 17.4 Å². The first kappa shape index (κ1) is 24.5. The van der Waals surface area contributed by atoms with E-state index >= 15 is 0 Å². The summed E-state index contributed by atoms with van der Waals surface area (Å²) in [6, 6.07) is 10.0. The Balaban J connectivity index is 1.35. The predicted molar refractivity (Wildman–Crippen MR) is 130 cm³/mol. The summed E-state index contributed by atoms with van der Waals surface area (Å²) in [7, 11) is -2.27. The van der Waals surface area contributed by atoms with E-state index in [-0.39, 0.29) is 12.5 Å². The number of aromatic nitrogens is 1. The van der Waals surface area contributed by atoms with Gasteiger partial charge >= 0.3 is 10.2 Å². The normalized spacial score (nSPS) is 24.5. The fourth-order valence-electron chi connectivity index (χ4n) is 3.76. The zero-order valence-electron chi connectivity index (χ0n) is 19.3. The average molecular weight is 498 g/mol. The van der Waals surface area contributed by atoms with Gasteiger partial charge in [0.05, 0.1) is 19.3 Å². The first-order valence-corrected chi connectivity index (χ1v) is 12.6. The molecule has 2 aliphatic rings. The Bertz CT molecular complexity index is 1240. The van der Waals surface area contributed by atoms with E-state index in [1.807, 2.05) is 23.0 Å². The summed E-state index contributed by atoms with van der Waals surface area (Å²) in [5.74, 6) is 1.90. The van der Waals surface area contributed by atoms with E-state index in [0.717, 1.165) is 12.0 Å².